The van der Waals surface area contributed by atoms with Gasteiger partial charge in [-0.3, -0.25) is 0 Å². The monoisotopic (exact) mass is 335 g/mol. The Balaban J connectivity index is 1.63. The Morgan fingerprint density at radius 1 is 1.00 bits per heavy atom. The molecule has 0 N–H and O–H groups in total. The molecule has 1 atom stereocenters. The second-order valence-corrected chi connectivity index (χ2v) is 7.14. The summed E-state index contributed by atoms with van der Waals surface area (Å²) >= 11 is 0. The third kappa shape index (κ3) is 3.34. The molecular formula is C22H25NO2. The first-order chi connectivity index (χ1) is 12.4. The lowest BCUT2D eigenvalue weighted by atomic mass is 9.75. The Bertz CT molecular complexity index is 687. The zero-order chi connectivity index (χ0) is 17.1. The molecule has 3 nitrogen and oxygen atoms in total. The number of carbonyl (C=O) groups excluding carboxylic acids is 1. The van der Waals surface area contributed by atoms with Crippen LogP contribution in [0.15, 0.2) is 48.5 Å². The van der Waals surface area contributed by atoms with Gasteiger partial charge in [0.05, 0.1) is 0 Å². The number of ether oxygens (including phenoxy) is 1. The zero-order valence-corrected chi connectivity index (χ0v) is 14.6. The van der Waals surface area contributed by atoms with E-state index in [-0.39, 0.29) is 0 Å². The van der Waals surface area contributed by atoms with Gasteiger partial charge in [-0.1, -0.05) is 42.5 Å². The molecule has 130 valence electrons. The van der Waals surface area contributed by atoms with Crippen LogP contribution in [0, 0.1) is 5.92 Å². The molecule has 2 aromatic rings. The van der Waals surface area contributed by atoms with Gasteiger partial charge in [0, 0.05) is 24.4 Å². The molecule has 0 aliphatic carbocycles. The van der Waals surface area contributed by atoms with E-state index in [0.29, 0.717) is 24.9 Å². The van der Waals surface area contributed by atoms with Crippen molar-refractivity contribution in [1.29, 1.82) is 0 Å². The number of benzene rings is 2. The summed E-state index contributed by atoms with van der Waals surface area (Å²) in [5.41, 5.74) is 4.07. The quantitative estimate of drug-likeness (QED) is 0.791. The van der Waals surface area contributed by atoms with Gasteiger partial charge in [-0.25, -0.2) is 0 Å². The first kappa shape index (κ1) is 16.3. The lowest BCUT2D eigenvalue weighted by Crippen LogP contribution is -2.36. The van der Waals surface area contributed by atoms with Crippen molar-refractivity contribution in [3.05, 3.63) is 65.2 Å². The molecule has 2 heterocycles. The first-order valence-electron chi connectivity index (χ1n) is 9.32. The molecule has 3 heteroatoms. The molecule has 0 radical (unpaired) electrons. The molecular weight excluding hydrogens is 310 g/mol. The lowest BCUT2D eigenvalue weighted by molar-refractivity contribution is -0.108. The van der Waals surface area contributed by atoms with Crippen molar-refractivity contribution in [3.63, 3.8) is 0 Å². The predicted molar refractivity (Wildman–Crippen MR) is 98.9 cm³/mol. The van der Waals surface area contributed by atoms with Gasteiger partial charge in [0.15, 0.2) is 0 Å². The summed E-state index contributed by atoms with van der Waals surface area (Å²) < 4.78 is 6.12. The van der Waals surface area contributed by atoms with Gasteiger partial charge >= 0.3 is 0 Å². The summed E-state index contributed by atoms with van der Waals surface area (Å²) in [7, 11) is 0. The molecule has 4 rings (SSSR count). The smallest absolute Gasteiger partial charge is 0.123 e. The van der Waals surface area contributed by atoms with Gasteiger partial charge in [-0.15, -0.1) is 0 Å². The summed E-state index contributed by atoms with van der Waals surface area (Å²) in [5.74, 6) is 2.06. The topological polar surface area (TPSA) is 29.5 Å². The molecule has 2 aliphatic heterocycles. The standard InChI is InChI=1S/C22H25NO2/c24-15-5-12-23-13-10-17(11-14-23)22-19-7-2-1-6-18(19)16-25-21-9-4-3-8-20(21)22/h1-4,6-9,15,17,22H,5,10-14,16H2. The maximum atomic E-state index is 10.6. The van der Waals surface area contributed by atoms with Crippen LogP contribution in [-0.2, 0) is 11.4 Å². The minimum absolute atomic E-state index is 0.406. The van der Waals surface area contributed by atoms with Crippen molar-refractivity contribution in [2.75, 3.05) is 19.6 Å². The largest absolute Gasteiger partial charge is 0.489 e. The minimum Gasteiger partial charge on any atom is -0.489 e. The van der Waals surface area contributed by atoms with E-state index < -0.39 is 0 Å². The molecule has 1 saturated heterocycles. The maximum absolute atomic E-state index is 10.6. The summed E-state index contributed by atoms with van der Waals surface area (Å²) in [4.78, 5) is 13.1. The molecule has 0 saturated carbocycles. The van der Waals surface area contributed by atoms with Crippen molar-refractivity contribution in [1.82, 2.24) is 4.90 Å². The second kappa shape index (κ2) is 7.40. The van der Waals surface area contributed by atoms with E-state index in [0.717, 1.165) is 31.7 Å². The van der Waals surface area contributed by atoms with E-state index in [2.05, 4.69) is 53.4 Å². The van der Waals surface area contributed by atoms with Crippen LogP contribution in [0.2, 0.25) is 0 Å². The third-order valence-electron chi connectivity index (χ3n) is 5.69. The number of nitrogens with zero attached hydrogens (tertiary/aromatic N) is 1. The average molecular weight is 335 g/mol. The van der Waals surface area contributed by atoms with Gasteiger partial charge in [-0.2, -0.15) is 0 Å². The Morgan fingerprint density at radius 2 is 1.72 bits per heavy atom. The number of para-hydroxylation sites is 1. The van der Waals surface area contributed by atoms with Gasteiger partial charge in [0.25, 0.3) is 0 Å². The van der Waals surface area contributed by atoms with E-state index in [4.69, 9.17) is 4.74 Å². The fourth-order valence-electron chi connectivity index (χ4n) is 4.41. The summed E-state index contributed by atoms with van der Waals surface area (Å²) in [6.45, 7) is 3.72. The van der Waals surface area contributed by atoms with Crippen LogP contribution in [-0.4, -0.2) is 30.8 Å². The van der Waals surface area contributed by atoms with Crippen LogP contribution in [0.1, 0.15) is 41.9 Å². The van der Waals surface area contributed by atoms with Gasteiger partial charge in [0.1, 0.15) is 18.6 Å². The molecule has 0 spiro atoms. The van der Waals surface area contributed by atoms with Crippen molar-refractivity contribution in [2.45, 2.75) is 31.8 Å². The van der Waals surface area contributed by atoms with Crippen LogP contribution in [0.25, 0.3) is 0 Å². The van der Waals surface area contributed by atoms with Crippen molar-refractivity contribution in [3.8, 4) is 5.75 Å². The molecule has 25 heavy (non-hydrogen) atoms. The number of rotatable bonds is 4. The number of likely N-dealkylation sites (tertiary alicyclic amines) is 1. The minimum atomic E-state index is 0.406. The van der Waals surface area contributed by atoms with Crippen LogP contribution < -0.4 is 4.74 Å². The number of carbonyl (C=O) groups is 1. The number of hydrogen-bond donors (Lipinski definition) is 0. The van der Waals surface area contributed by atoms with E-state index in [1.165, 1.54) is 29.5 Å². The number of hydrogen-bond acceptors (Lipinski definition) is 3. The molecule has 0 aromatic heterocycles. The molecule has 2 aliphatic rings. The number of piperidine rings is 1. The van der Waals surface area contributed by atoms with E-state index >= 15 is 0 Å². The third-order valence-corrected chi connectivity index (χ3v) is 5.69. The maximum Gasteiger partial charge on any atom is 0.123 e. The SMILES string of the molecule is O=CCCN1CCC(C2c3ccccc3COc3ccccc32)CC1. The predicted octanol–water partition coefficient (Wildman–Crippen LogP) is 4.01. The summed E-state index contributed by atoms with van der Waals surface area (Å²) in [6, 6.07) is 17.3. The summed E-state index contributed by atoms with van der Waals surface area (Å²) in [5, 5.41) is 0. The Kier molecular flexibility index (Phi) is 4.84. The van der Waals surface area contributed by atoms with Crippen molar-refractivity contribution >= 4 is 6.29 Å². The van der Waals surface area contributed by atoms with Gasteiger partial charge < -0.3 is 14.4 Å². The van der Waals surface area contributed by atoms with Crippen LogP contribution in [0.5, 0.6) is 5.75 Å². The first-order valence-corrected chi connectivity index (χ1v) is 9.32. The van der Waals surface area contributed by atoms with E-state index in [1.807, 2.05) is 0 Å². The normalized spacial score (nSPS) is 20.9. The van der Waals surface area contributed by atoms with Gasteiger partial charge in [-0.05, 0) is 49.0 Å². The van der Waals surface area contributed by atoms with Gasteiger partial charge in [0.2, 0.25) is 0 Å². The number of aldehydes is 1. The highest BCUT2D eigenvalue weighted by atomic mass is 16.5. The molecule has 0 amide bonds. The van der Waals surface area contributed by atoms with E-state index in [9.17, 15) is 4.79 Å². The lowest BCUT2D eigenvalue weighted by Gasteiger charge is -2.36. The van der Waals surface area contributed by atoms with E-state index in [1.54, 1.807) is 0 Å². The fourth-order valence-corrected chi connectivity index (χ4v) is 4.41. The molecule has 1 fully saturated rings. The van der Waals surface area contributed by atoms with Crippen molar-refractivity contribution in [2.24, 2.45) is 5.92 Å². The molecule has 1 unspecified atom stereocenters. The fraction of sp³-hybridized carbons (Fsp3) is 0.409. The van der Waals surface area contributed by atoms with Crippen LogP contribution >= 0.6 is 0 Å². The molecule has 2 aromatic carbocycles. The Labute approximate surface area is 149 Å². The van der Waals surface area contributed by atoms with Crippen LogP contribution in [0.4, 0.5) is 0 Å². The van der Waals surface area contributed by atoms with Crippen LogP contribution in [0.3, 0.4) is 0 Å². The Morgan fingerprint density at radius 3 is 2.52 bits per heavy atom. The second-order valence-electron chi connectivity index (χ2n) is 7.14. The number of fused-ring (bicyclic) bond motifs is 2. The summed E-state index contributed by atoms with van der Waals surface area (Å²) in [6.07, 6.45) is 4.02. The molecule has 0 bridgehead atoms. The van der Waals surface area contributed by atoms with Crippen molar-refractivity contribution < 1.29 is 9.53 Å². The average Bonchev–Trinajstić information content (AvgIpc) is 2.84. The zero-order valence-electron chi connectivity index (χ0n) is 14.6. The highest BCUT2D eigenvalue weighted by Gasteiger charge is 2.33. The highest BCUT2D eigenvalue weighted by molar-refractivity contribution is 5.49. The highest BCUT2D eigenvalue weighted by Crippen LogP contribution is 2.44. The Hall–Kier alpha value is -2.13.